The average molecular weight is 284 g/mol. The van der Waals surface area contributed by atoms with Gasteiger partial charge in [-0.2, -0.15) is 0 Å². The number of hydrogen-bond donors (Lipinski definition) is 3. The largest absolute Gasteiger partial charge is 0.481 e. The minimum atomic E-state index is -0.781. The van der Waals surface area contributed by atoms with Crippen LogP contribution in [0, 0.1) is 5.41 Å². The molecule has 0 heterocycles. The van der Waals surface area contributed by atoms with Gasteiger partial charge in [-0.25, -0.2) is 4.79 Å². The zero-order chi connectivity index (χ0) is 15.0. The van der Waals surface area contributed by atoms with E-state index < -0.39 is 11.4 Å². The van der Waals surface area contributed by atoms with Crippen molar-refractivity contribution in [2.24, 2.45) is 5.41 Å². The highest BCUT2D eigenvalue weighted by atomic mass is 16.4. The first kappa shape index (κ1) is 16.8. The average Bonchev–Trinajstić information content (AvgIpc) is 2.43. The molecule has 3 N–H and O–H groups in total. The van der Waals surface area contributed by atoms with Gasteiger partial charge in [0.15, 0.2) is 0 Å². The van der Waals surface area contributed by atoms with Gasteiger partial charge in [-0.1, -0.05) is 39.0 Å². The number of unbranched alkanes of at least 4 members (excludes halogenated alkanes) is 1. The molecule has 1 unspecified atom stereocenters. The summed E-state index contributed by atoms with van der Waals surface area (Å²) in [5.74, 6) is -0.781. The molecule has 116 valence electrons. The molecule has 1 atom stereocenters. The van der Waals surface area contributed by atoms with Gasteiger partial charge in [-0.15, -0.1) is 0 Å². The maximum Gasteiger partial charge on any atom is 0.315 e. The lowest BCUT2D eigenvalue weighted by Crippen LogP contribution is -2.48. The Balaban J connectivity index is 2.39. The van der Waals surface area contributed by atoms with Gasteiger partial charge in [0.25, 0.3) is 0 Å². The Hall–Kier alpha value is -1.26. The van der Waals surface area contributed by atoms with Gasteiger partial charge in [0, 0.05) is 12.6 Å². The summed E-state index contributed by atoms with van der Waals surface area (Å²) in [7, 11) is 0. The molecule has 5 nitrogen and oxygen atoms in total. The molecular weight excluding hydrogens is 256 g/mol. The van der Waals surface area contributed by atoms with Gasteiger partial charge in [0.05, 0.1) is 5.41 Å². The summed E-state index contributed by atoms with van der Waals surface area (Å²) in [6, 6.07) is -0.123. The number of urea groups is 1. The normalized spacial score (nSPS) is 19.1. The van der Waals surface area contributed by atoms with Crippen LogP contribution in [0.2, 0.25) is 0 Å². The molecule has 0 aromatic heterocycles. The Morgan fingerprint density at radius 3 is 2.45 bits per heavy atom. The monoisotopic (exact) mass is 284 g/mol. The Bertz CT molecular complexity index is 325. The van der Waals surface area contributed by atoms with Gasteiger partial charge < -0.3 is 15.7 Å². The number of carbonyl (C=O) groups is 2. The van der Waals surface area contributed by atoms with E-state index in [1.54, 1.807) is 0 Å². The van der Waals surface area contributed by atoms with E-state index in [4.69, 9.17) is 0 Å². The van der Waals surface area contributed by atoms with Crippen LogP contribution in [0.3, 0.4) is 0 Å². The van der Waals surface area contributed by atoms with Crippen molar-refractivity contribution < 1.29 is 14.7 Å². The van der Waals surface area contributed by atoms with Crippen LogP contribution in [0.1, 0.15) is 65.2 Å². The predicted octanol–water partition coefficient (Wildman–Crippen LogP) is 2.90. The van der Waals surface area contributed by atoms with Crippen molar-refractivity contribution in [3.05, 3.63) is 0 Å². The molecule has 0 saturated heterocycles. The summed E-state index contributed by atoms with van der Waals surface area (Å²) >= 11 is 0. The fraction of sp³-hybridized carbons (Fsp3) is 0.867. The van der Waals surface area contributed by atoms with Gasteiger partial charge >= 0.3 is 12.0 Å². The van der Waals surface area contributed by atoms with Gasteiger partial charge in [0.1, 0.15) is 0 Å². The van der Waals surface area contributed by atoms with Crippen molar-refractivity contribution in [1.82, 2.24) is 10.6 Å². The SMILES string of the molecule is CCCCC(C)NC(=O)NCC1(C(=O)O)CCCCC1. The van der Waals surface area contributed by atoms with Gasteiger partial charge in [0.2, 0.25) is 0 Å². The number of amides is 2. The van der Waals surface area contributed by atoms with Crippen molar-refractivity contribution in [2.45, 2.75) is 71.3 Å². The Labute approximate surface area is 121 Å². The minimum Gasteiger partial charge on any atom is -0.481 e. The van der Waals surface area contributed by atoms with Crippen molar-refractivity contribution in [1.29, 1.82) is 0 Å². The van der Waals surface area contributed by atoms with Crippen LogP contribution in [0.25, 0.3) is 0 Å². The molecule has 0 bridgehead atoms. The number of aliphatic carboxylic acids is 1. The summed E-state index contributed by atoms with van der Waals surface area (Å²) in [6.45, 7) is 4.32. The molecule has 1 rings (SSSR count). The molecule has 5 heteroatoms. The first-order valence-corrected chi connectivity index (χ1v) is 7.78. The lowest BCUT2D eigenvalue weighted by Gasteiger charge is -2.33. The number of carbonyl (C=O) groups excluding carboxylic acids is 1. The van der Waals surface area contributed by atoms with Crippen LogP contribution in [-0.4, -0.2) is 29.7 Å². The summed E-state index contributed by atoms with van der Waals surface area (Å²) in [5, 5.41) is 15.0. The van der Waals surface area contributed by atoms with Crippen molar-refractivity contribution in [2.75, 3.05) is 6.54 Å². The Kier molecular flexibility index (Phi) is 6.82. The van der Waals surface area contributed by atoms with E-state index >= 15 is 0 Å². The second-order valence-corrected chi connectivity index (χ2v) is 6.02. The van der Waals surface area contributed by atoms with Crippen LogP contribution in [-0.2, 0) is 4.79 Å². The molecule has 0 aromatic rings. The topological polar surface area (TPSA) is 78.4 Å². The molecular formula is C15H28N2O3. The molecule has 1 fully saturated rings. The Morgan fingerprint density at radius 1 is 1.25 bits per heavy atom. The van der Waals surface area contributed by atoms with Crippen molar-refractivity contribution >= 4 is 12.0 Å². The van der Waals surface area contributed by atoms with Gasteiger partial charge in [-0.3, -0.25) is 4.79 Å². The maximum absolute atomic E-state index is 11.8. The molecule has 1 aliphatic carbocycles. The molecule has 0 aromatic carbocycles. The van der Waals surface area contributed by atoms with Crippen LogP contribution >= 0.6 is 0 Å². The quantitative estimate of drug-likeness (QED) is 0.672. The van der Waals surface area contributed by atoms with Crippen LogP contribution in [0.15, 0.2) is 0 Å². The predicted molar refractivity (Wildman–Crippen MR) is 78.7 cm³/mol. The smallest absolute Gasteiger partial charge is 0.315 e. The third-order valence-electron chi connectivity index (χ3n) is 4.22. The first-order valence-electron chi connectivity index (χ1n) is 7.78. The molecule has 1 saturated carbocycles. The number of nitrogens with one attached hydrogen (secondary N) is 2. The third-order valence-corrected chi connectivity index (χ3v) is 4.22. The zero-order valence-electron chi connectivity index (χ0n) is 12.7. The molecule has 20 heavy (non-hydrogen) atoms. The third kappa shape index (κ3) is 5.02. The lowest BCUT2D eigenvalue weighted by atomic mass is 9.74. The molecule has 1 aliphatic rings. The standard InChI is InChI=1S/C15H28N2O3/c1-3-4-8-12(2)17-14(20)16-11-15(13(18)19)9-6-5-7-10-15/h12H,3-11H2,1-2H3,(H,18,19)(H2,16,17,20). The molecule has 0 aliphatic heterocycles. The lowest BCUT2D eigenvalue weighted by molar-refractivity contribution is -0.150. The fourth-order valence-electron chi connectivity index (χ4n) is 2.80. The van der Waals surface area contributed by atoms with E-state index in [1.165, 1.54) is 0 Å². The van der Waals surface area contributed by atoms with E-state index in [2.05, 4.69) is 17.6 Å². The molecule has 2 amide bonds. The molecule has 0 radical (unpaired) electrons. The van der Waals surface area contributed by atoms with Crippen molar-refractivity contribution in [3.8, 4) is 0 Å². The summed E-state index contributed by atoms with van der Waals surface area (Å²) in [4.78, 5) is 23.3. The van der Waals surface area contributed by atoms with E-state index in [0.29, 0.717) is 12.8 Å². The highest BCUT2D eigenvalue weighted by Gasteiger charge is 2.39. The highest BCUT2D eigenvalue weighted by Crippen LogP contribution is 2.35. The minimum absolute atomic E-state index is 0.127. The van der Waals surface area contributed by atoms with E-state index in [-0.39, 0.29) is 18.6 Å². The molecule has 0 spiro atoms. The highest BCUT2D eigenvalue weighted by molar-refractivity contribution is 5.78. The number of rotatable bonds is 7. The number of carboxylic acid groups (broad SMARTS) is 1. The maximum atomic E-state index is 11.8. The number of hydrogen-bond acceptors (Lipinski definition) is 2. The van der Waals surface area contributed by atoms with E-state index in [1.807, 2.05) is 6.92 Å². The first-order chi connectivity index (χ1) is 9.50. The number of carboxylic acids is 1. The Morgan fingerprint density at radius 2 is 1.90 bits per heavy atom. The summed E-state index contributed by atoms with van der Waals surface area (Å²) in [5.41, 5.74) is -0.762. The van der Waals surface area contributed by atoms with Crippen molar-refractivity contribution in [3.63, 3.8) is 0 Å². The zero-order valence-corrected chi connectivity index (χ0v) is 12.7. The van der Waals surface area contributed by atoms with Crippen LogP contribution in [0.5, 0.6) is 0 Å². The van der Waals surface area contributed by atoms with Gasteiger partial charge in [-0.05, 0) is 26.2 Å². The van der Waals surface area contributed by atoms with Crippen LogP contribution < -0.4 is 10.6 Å². The second kappa shape index (κ2) is 8.12. The van der Waals surface area contributed by atoms with Crippen LogP contribution in [0.4, 0.5) is 4.79 Å². The van der Waals surface area contributed by atoms with E-state index in [9.17, 15) is 14.7 Å². The van der Waals surface area contributed by atoms with E-state index in [0.717, 1.165) is 38.5 Å². The second-order valence-electron chi connectivity index (χ2n) is 6.02. The fourth-order valence-corrected chi connectivity index (χ4v) is 2.80. The summed E-state index contributed by atoms with van der Waals surface area (Å²) < 4.78 is 0. The summed E-state index contributed by atoms with van der Waals surface area (Å²) in [6.07, 6.45) is 7.42.